The van der Waals surface area contributed by atoms with Gasteiger partial charge in [-0.25, -0.2) is 4.79 Å². The molecule has 25 heavy (non-hydrogen) atoms. The Labute approximate surface area is 153 Å². The Morgan fingerprint density at radius 2 is 1.88 bits per heavy atom. The predicted octanol–water partition coefficient (Wildman–Crippen LogP) is 3.74. The molecule has 1 aliphatic heterocycles. The molecule has 0 aliphatic carbocycles. The number of barbiturate groups is 1. The quantitative estimate of drug-likeness (QED) is 0.651. The maximum absolute atomic E-state index is 12.2. The molecule has 4 amide bonds. The number of nitrogens with one attached hydrogen (secondary N) is 1. The molecule has 1 fully saturated rings. The van der Waals surface area contributed by atoms with E-state index in [1.165, 1.54) is 6.08 Å². The van der Waals surface area contributed by atoms with Crippen LogP contribution in [0.5, 0.6) is 0 Å². The third-order valence-corrected chi connectivity index (χ3v) is 4.36. The lowest BCUT2D eigenvalue weighted by atomic mass is 10.1. The molecular formula is C17H12Cl2N2O4. The van der Waals surface area contributed by atoms with Crippen molar-refractivity contribution in [2.75, 3.05) is 6.54 Å². The van der Waals surface area contributed by atoms with Crippen LogP contribution >= 0.6 is 23.2 Å². The lowest BCUT2D eigenvalue weighted by Crippen LogP contribution is -2.53. The molecule has 0 atom stereocenters. The Morgan fingerprint density at radius 3 is 2.56 bits per heavy atom. The summed E-state index contributed by atoms with van der Waals surface area (Å²) in [5, 5.41) is 2.93. The van der Waals surface area contributed by atoms with Crippen molar-refractivity contribution in [1.82, 2.24) is 10.2 Å². The minimum absolute atomic E-state index is 0.155. The number of likely N-dealkylation sites (N-methyl/N-ethyl adjacent to an activating group) is 1. The van der Waals surface area contributed by atoms with Gasteiger partial charge >= 0.3 is 6.03 Å². The number of rotatable bonds is 3. The number of carbonyl (C=O) groups is 3. The summed E-state index contributed by atoms with van der Waals surface area (Å²) in [4.78, 5) is 36.7. The van der Waals surface area contributed by atoms with E-state index in [2.05, 4.69) is 5.32 Å². The van der Waals surface area contributed by atoms with Gasteiger partial charge in [0.1, 0.15) is 17.1 Å². The van der Waals surface area contributed by atoms with Crippen molar-refractivity contribution in [3.63, 3.8) is 0 Å². The molecule has 0 saturated carbocycles. The topological polar surface area (TPSA) is 79.6 Å². The van der Waals surface area contributed by atoms with E-state index in [4.69, 9.17) is 27.6 Å². The molecule has 0 radical (unpaired) electrons. The van der Waals surface area contributed by atoms with Crippen LogP contribution in [0.3, 0.4) is 0 Å². The highest BCUT2D eigenvalue weighted by atomic mass is 35.5. The third kappa shape index (κ3) is 3.31. The van der Waals surface area contributed by atoms with Crippen LogP contribution in [-0.4, -0.2) is 29.3 Å². The molecule has 1 aliphatic rings. The summed E-state index contributed by atoms with van der Waals surface area (Å²) in [5.41, 5.74) is 0.528. The number of furan rings is 1. The largest absolute Gasteiger partial charge is 0.457 e. The maximum atomic E-state index is 12.2. The smallest absolute Gasteiger partial charge is 0.331 e. The van der Waals surface area contributed by atoms with E-state index >= 15 is 0 Å². The summed E-state index contributed by atoms with van der Waals surface area (Å²) < 4.78 is 5.65. The van der Waals surface area contributed by atoms with Crippen LogP contribution in [0.1, 0.15) is 12.7 Å². The fourth-order valence-electron chi connectivity index (χ4n) is 2.36. The molecule has 8 heteroatoms. The second-order valence-electron chi connectivity index (χ2n) is 5.20. The average Bonchev–Trinajstić information content (AvgIpc) is 3.03. The van der Waals surface area contributed by atoms with Crippen LogP contribution in [0.15, 0.2) is 40.3 Å². The van der Waals surface area contributed by atoms with Gasteiger partial charge in [0.05, 0.1) is 10.0 Å². The molecule has 2 aromatic rings. The van der Waals surface area contributed by atoms with Gasteiger partial charge in [-0.15, -0.1) is 0 Å². The van der Waals surface area contributed by atoms with E-state index in [-0.39, 0.29) is 12.1 Å². The summed E-state index contributed by atoms with van der Waals surface area (Å²) in [7, 11) is 0. The van der Waals surface area contributed by atoms with E-state index < -0.39 is 17.8 Å². The lowest BCUT2D eigenvalue weighted by molar-refractivity contribution is -0.129. The first-order valence-corrected chi connectivity index (χ1v) is 8.10. The van der Waals surface area contributed by atoms with Crippen molar-refractivity contribution in [3.8, 4) is 11.3 Å². The van der Waals surface area contributed by atoms with Gasteiger partial charge in [0.25, 0.3) is 11.8 Å². The highest BCUT2D eigenvalue weighted by Gasteiger charge is 2.34. The van der Waals surface area contributed by atoms with Crippen molar-refractivity contribution in [1.29, 1.82) is 0 Å². The van der Waals surface area contributed by atoms with Crippen LogP contribution in [0.25, 0.3) is 17.4 Å². The molecule has 0 spiro atoms. The lowest BCUT2D eigenvalue weighted by Gasteiger charge is -2.24. The molecule has 6 nitrogen and oxygen atoms in total. The molecule has 3 rings (SSSR count). The number of imide groups is 2. The van der Waals surface area contributed by atoms with Crippen LogP contribution in [0, 0.1) is 0 Å². The number of halogens is 2. The van der Waals surface area contributed by atoms with Crippen LogP contribution in [-0.2, 0) is 9.59 Å². The molecular weight excluding hydrogens is 367 g/mol. The predicted molar refractivity (Wildman–Crippen MR) is 93.1 cm³/mol. The van der Waals surface area contributed by atoms with E-state index in [1.54, 1.807) is 37.3 Å². The Hall–Kier alpha value is -2.57. The normalized spacial score (nSPS) is 16.5. The van der Waals surface area contributed by atoms with Crippen LogP contribution < -0.4 is 5.32 Å². The molecule has 128 valence electrons. The molecule has 2 heterocycles. The zero-order chi connectivity index (χ0) is 18.1. The number of nitrogens with zero attached hydrogens (tertiary/aromatic N) is 1. The van der Waals surface area contributed by atoms with Gasteiger partial charge in [-0.05, 0) is 43.3 Å². The molecule has 0 unspecified atom stereocenters. The fraction of sp³-hybridized carbons (Fsp3) is 0.118. The van der Waals surface area contributed by atoms with Gasteiger partial charge in [0.15, 0.2) is 0 Å². The first-order valence-electron chi connectivity index (χ1n) is 7.35. The summed E-state index contributed by atoms with van der Waals surface area (Å²) in [6, 6.07) is 7.58. The molecule has 0 bridgehead atoms. The number of hydrogen-bond acceptors (Lipinski definition) is 4. The molecule has 1 saturated heterocycles. The number of amides is 4. The first-order chi connectivity index (χ1) is 11.9. The van der Waals surface area contributed by atoms with Crippen molar-refractivity contribution < 1.29 is 18.8 Å². The highest BCUT2D eigenvalue weighted by Crippen LogP contribution is 2.30. The first kappa shape index (κ1) is 17.3. The summed E-state index contributed by atoms with van der Waals surface area (Å²) in [6.45, 7) is 1.79. The Morgan fingerprint density at radius 1 is 1.12 bits per heavy atom. The minimum atomic E-state index is -0.757. The number of carbonyl (C=O) groups excluding carboxylic acids is 3. The number of benzene rings is 1. The van der Waals surface area contributed by atoms with Gasteiger partial charge in [0, 0.05) is 12.1 Å². The second kappa shape index (κ2) is 6.74. The highest BCUT2D eigenvalue weighted by molar-refractivity contribution is 6.42. The zero-order valence-electron chi connectivity index (χ0n) is 13.0. The van der Waals surface area contributed by atoms with E-state index in [1.807, 2.05) is 0 Å². The second-order valence-corrected chi connectivity index (χ2v) is 6.01. The minimum Gasteiger partial charge on any atom is -0.457 e. The summed E-state index contributed by atoms with van der Waals surface area (Å²) in [6.07, 6.45) is 1.30. The van der Waals surface area contributed by atoms with Crippen molar-refractivity contribution in [2.45, 2.75) is 6.92 Å². The van der Waals surface area contributed by atoms with Crippen molar-refractivity contribution >= 4 is 47.1 Å². The Balaban J connectivity index is 1.93. The Kier molecular flexibility index (Phi) is 4.65. The van der Waals surface area contributed by atoms with Gasteiger partial charge < -0.3 is 4.42 Å². The van der Waals surface area contributed by atoms with Crippen molar-refractivity contribution in [3.05, 3.63) is 51.7 Å². The maximum Gasteiger partial charge on any atom is 0.331 e. The number of hydrogen-bond donors (Lipinski definition) is 1. The van der Waals surface area contributed by atoms with Crippen LogP contribution in [0.4, 0.5) is 4.79 Å². The van der Waals surface area contributed by atoms with E-state index in [0.717, 1.165) is 4.90 Å². The van der Waals surface area contributed by atoms with E-state index in [0.29, 0.717) is 27.1 Å². The van der Waals surface area contributed by atoms with Gasteiger partial charge in [-0.2, -0.15) is 0 Å². The average molecular weight is 379 g/mol. The summed E-state index contributed by atoms with van der Waals surface area (Å²) >= 11 is 11.9. The van der Waals surface area contributed by atoms with Gasteiger partial charge in [-0.1, -0.05) is 23.2 Å². The fourth-order valence-corrected chi connectivity index (χ4v) is 2.66. The van der Waals surface area contributed by atoms with Crippen molar-refractivity contribution in [2.24, 2.45) is 0 Å². The van der Waals surface area contributed by atoms with E-state index in [9.17, 15) is 14.4 Å². The molecule has 1 N–H and O–H groups in total. The number of urea groups is 1. The molecule has 1 aromatic carbocycles. The Bertz CT molecular complexity index is 917. The third-order valence-electron chi connectivity index (χ3n) is 3.62. The summed E-state index contributed by atoms with van der Waals surface area (Å²) in [5.74, 6) is -0.626. The van der Waals surface area contributed by atoms with Crippen LogP contribution in [0.2, 0.25) is 10.0 Å². The molecule has 1 aromatic heterocycles. The standard InChI is InChI=1S/C17H12Cl2N2O4/c1-2-21-16(23)11(15(22)20-17(21)24)8-10-4-6-14(25-10)9-3-5-12(18)13(19)7-9/h3-8H,2H2,1H3,(H,20,22,24)/b11-8-. The monoisotopic (exact) mass is 378 g/mol. The van der Waals surface area contributed by atoms with Gasteiger partial charge in [0.2, 0.25) is 0 Å². The zero-order valence-corrected chi connectivity index (χ0v) is 14.5. The SMILES string of the molecule is CCN1C(=O)NC(=O)/C(=C/c2ccc(-c3ccc(Cl)c(Cl)c3)o2)C1=O. The van der Waals surface area contributed by atoms with Gasteiger partial charge in [-0.3, -0.25) is 19.8 Å².